The van der Waals surface area contributed by atoms with Crippen LogP contribution in [0.3, 0.4) is 0 Å². The number of H-pyrrole nitrogens is 1. The number of anilines is 1. The van der Waals surface area contributed by atoms with E-state index in [1.165, 1.54) is 0 Å². The van der Waals surface area contributed by atoms with Gasteiger partial charge < -0.3 is 25.5 Å². The fraction of sp³-hybridized carbons (Fsp3) is 0.318. The van der Waals surface area contributed by atoms with Crippen molar-refractivity contribution >= 4 is 22.5 Å². The summed E-state index contributed by atoms with van der Waals surface area (Å²) in [6.07, 6.45) is 1.16. The highest BCUT2D eigenvalue weighted by atomic mass is 16.5. The van der Waals surface area contributed by atoms with Gasteiger partial charge in [0.15, 0.2) is 0 Å². The molecule has 1 aromatic heterocycles. The van der Waals surface area contributed by atoms with Crippen molar-refractivity contribution in [2.75, 3.05) is 18.5 Å². The summed E-state index contributed by atoms with van der Waals surface area (Å²) in [4.78, 5) is 16.0. The van der Waals surface area contributed by atoms with Gasteiger partial charge in [0.2, 0.25) is 0 Å². The molecular formula is C22H27N3O3. The molecule has 1 heterocycles. The van der Waals surface area contributed by atoms with Crippen molar-refractivity contribution in [1.29, 1.82) is 0 Å². The van der Waals surface area contributed by atoms with E-state index >= 15 is 0 Å². The summed E-state index contributed by atoms with van der Waals surface area (Å²) < 4.78 is 5.74. The lowest BCUT2D eigenvalue weighted by Gasteiger charge is -2.23. The Morgan fingerprint density at radius 1 is 1.14 bits per heavy atom. The highest BCUT2D eigenvalue weighted by Crippen LogP contribution is 2.25. The number of aliphatic hydroxyl groups is 1. The van der Waals surface area contributed by atoms with E-state index in [1.807, 2.05) is 51.2 Å². The van der Waals surface area contributed by atoms with Gasteiger partial charge in [-0.1, -0.05) is 18.2 Å². The van der Waals surface area contributed by atoms with Gasteiger partial charge in [-0.3, -0.25) is 4.79 Å². The van der Waals surface area contributed by atoms with Crippen molar-refractivity contribution in [3.05, 3.63) is 60.3 Å². The number of hydrogen-bond donors (Lipinski definition) is 4. The van der Waals surface area contributed by atoms with Gasteiger partial charge >= 0.3 is 0 Å². The van der Waals surface area contributed by atoms with E-state index in [-0.39, 0.29) is 18.1 Å². The Morgan fingerprint density at radius 3 is 2.71 bits per heavy atom. The van der Waals surface area contributed by atoms with Crippen molar-refractivity contribution in [1.82, 2.24) is 10.3 Å². The molecule has 0 aliphatic rings. The lowest BCUT2D eigenvalue weighted by Crippen LogP contribution is -2.42. The summed E-state index contributed by atoms with van der Waals surface area (Å²) >= 11 is 0. The standard InChI is InChI=1S/C22H27N3O3/c1-22(2,3)24-13-15(26)14-28-20-10-5-4-7-17(20)21(27)25-19-9-6-8-18-16(19)11-12-23-18/h4-12,15,23-24,26H,13-14H2,1-3H3,(H,25,27). The zero-order valence-electron chi connectivity index (χ0n) is 16.5. The summed E-state index contributed by atoms with van der Waals surface area (Å²) in [5.41, 5.74) is 2.02. The summed E-state index contributed by atoms with van der Waals surface area (Å²) in [5.74, 6) is 0.183. The number of hydrogen-bond acceptors (Lipinski definition) is 4. The molecule has 0 saturated carbocycles. The van der Waals surface area contributed by atoms with Crippen LogP contribution in [0.5, 0.6) is 5.75 Å². The van der Waals surface area contributed by atoms with Crippen LogP contribution in [0.1, 0.15) is 31.1 Å². The van der Waals surface area contributed by atoms with Gasteiger partial charge in [0.05, 0.1) is 11.3 Å². The monoisotopic (exact) mass is 381 g/mol. The van der Waals surface area contributed by atoms with Crippen molar-refractivity contribution in [2.24, 2.45) is 0 Å². The number of aromatic amines is 1. The maximum absolute atomic E-state index is 12.8. The molecule has 6 heteroatoms. The largest absolute Gasteiger partial charge is 0.490 e. The molecule has 1 amide bonds. The van der Waals surface area contributed by atoms with Crippen molar-refractivity contribution in [3.8, 4) is 5.75 Å². The van der Waals surface area contributed by atoms with Crippen LogP contribution in [0.4, 0.5) is 5.69 Å². The highest BCUT2D eigenvalue weighted by molar-refractivity contribution is 6.10. The van der Waals surface area contributed by atoms with Crippen molar-refractivity contribution in [3.63, 3.8) is 0 Å². The third kappa shape index (κ3) is 5.12. The van der Waals surface area contributed by atoms with E-state index in [0.29, 0.717) is 17.9 Å². The van der Waals surface area contributed by atoms with E-state index in [2.05, 4.69) is 15.6 Å². The van der Waals surface area contributed by atoms with Crippen LogP contribution < -0.4 is 15.4 Å². The van der Waals surface area contributed by atoms with Gasteiger partial charge in [-0.15, -0.1) is 0 Å². The summed E-state index contributed by atoms with van der Waals surface area (Å²) in [6, 6.07) is 14.7. The zero-order valence-corrected chi connectivity index (χ0v) is 16.5. The zero-order chi connectivity index (χ0) is 20.1. The van der Waals surface area contributed by atoms with Gasteiger partial charge in [-0.2, -0.15) is 0 Å². The quantitative estimate of drug-likeness (QED) is 0.504. The van der Waals surface area contributed by atoms with Crippen LogP contribution in [-0.4, -0.2) is 40.8 Å². The minimum Gasteiger partial charge on any atom is -0.490 e. The molecule has 2 aromatic carbocycles. The molecule has 0 aliphatic heterocycles. The van der Waals surface area contributed by atoms with Gasteiger partial charge in [0, 0.05) is 29.2 Å². The molecule has 1 unspecified atom stereocenters. The third-order valence-corrected chi connectivity index (χ3v) is 4.27. The molecular weight excluding hydrogens is 354 g/mol. The fourth-order valence-corrected chi connectivity index (χ4v) is 2.83. The topological polar surface area (TPSA) is 86.4 Å². The Labute approximate surface area is 164 Å². The molecule has 3 rings (SSSR count). The van der Waals surface area contributed by atoms with Crippen LogP contribution in [0.15, 0.2) is 54.7 Å². The second-order valence-corrected chi connectivity index (χ2v) is 7.79. The van der Waals surface area contributed by atoms with Gasteiger partial charge in [0.25, 0.3) is 5.91 Å². The normalized spacial score (nSPS) is 12.7. The number of β-amino-alcohol motifs (C(OH)–C–C–N with tert-alkyl or cyclic N) is 1. The molecule has 28 heavy (non-hydrogen) atoms. The Hall–Kier alpha value is -2.83. The molecule has 1 atom stereocenters. The van der Waals surface area contributed by atoms with Crippen molar-refractivity contribution in [2.45, 2.75) is 32.4 Å². The summed E-state index contributed by atoms with van der Waals surface area (Å²) in [7, 11) is 0. The fourth-order valence-electron chi connectivity index (χ4n) is 2.83. The predicted molar refractivity (Wildman–Crippen MR) is 112 cm³/mol. The average molecular weight is 381 g/mol. The minimum atomic E-state index is -0.677. The second-order valence-electron chi connectivity index (χ2n) is 7.79. The summed E-state index contributed by atoms with van der Waals surface area (Å²) in [5, 5.41) is 17.3. The Kier molecular flexibility index (Phi) is 6.02. The van der Waals surface area contributed by atoms with Gasteiger partial charge in [-0.05, 0) is 51.1 Å². The van der Waals surface area contributed by atoms with E-state index < -0.39 is 6.10 Å². The van der Waals surface area contributed by atoms with Crippen LogP contribution in [0.25, 0.3) is 10.9 Å². The Bertz CT molecular complexity index is 943. The van der Waals surface area contributed by atoms with E-state index in [1.54, 1.807) is 24.3 Å². The van der Waals surface area contributed by atoms with Gasteiger partial charge in [-0.25, -0.2) is 0 Å². The second kappa shape index (κ2) is 8.46. The number of amides is 1. The van der Waals surface area contributed by atoms with Crippen LogP contribution in [-0.2, 0) is 0 Å². The first-order chi connectivity index (χ1) is 13.3. The first-order valence-corrected chi connectivity index (χ1v) is 9.36. The number of aliphatic hydroxyl groups excluding tert-OH is 1. The maximum atomic E-state index is 12.8. The highest BCUT2D eigenvalue weighted by Gasteiger charge is 2.16. The molecule has 0 bridgehead atoms. The first kappa shape index (κ1) is 19.9. The van der Waals surface area contributed by atoms with Crippen LogP contribution in [0.2, 0.25) is 0 Å². The molecule has 6 nitrogen and oxygen atoms in total. The number of carbonyl (C=O) groups excluding carboxylic acids is 1. The SMILES string of the molecule is CC(C)(C)NCC(O)COc1ccccc1C(=O)Nc1cccc2[nH]ccc12. The number of rotatable bonds is 7. The van der Waals surface area contributed by atoms with Crippen LogP contribution >= 0.6 is 0 Å². The molecule has 4 N–H and O–H groups in total. The first-order valence-electron chi connectivity index (χ1n) is 9.36. The number of fused-ring (bicyclic) bond motifs is 1. The Morgan fingerprint density at radius 2 is 1.93 bits per heavy atom. The van der Waals surface area contributed by atoms with Crippen LogP contribution in [0, 0.1) is 0 Å². The number of nitrogens with one attached hydrogen (secondary N) is 3. The molecule has 0 aliphatic carbocycles. The van der Waals surface area contributed by atoms with E-state index in [4.69, 9.17) is 4.74 Å². The number of ether oxygens (including phenoxy) is 1. The number of benzene rings is 2. The maximum Gasteiger partial charge on any atom is 0.259 e. The molecule has 0 fully saturated rings. The minimum absolute atomic E-state index is 0.0853. The van der Waals surface area contributed by atoms with E-state index in [9.17, 15) is 9.90 Å². The number of carbonyl (C=O) groups is 1. The Balaban J connectivity index is 1.68. The van der Waals surface area contributed by atoms with Crippen molar-refractivity contribution < 1.29 is 14.6 Å². The predicted octanol–water partition coefficient (Wildman–Crippen LogP) is 3.55. The average Bonchev–Trinajstić information content (AvgIpc) is 3.14. The number of aromatic nitrogens is 1. The molecule has 148 valence electrons. The third-order valence-electron chi connectivity index (χ3n) is 4.27. The van der Waals surface area contributed by atoms with E-state index in [0.717, 1.165) is 16.6 Å². The summed E-state index contributed by atoms with van der Waals surface area (Å²) in [6.45, 7) is 6.61. The lowest BCUT2D eigenvalue weighted by molar-refractivity contribution is 0.0954. The van der Waals surface area contributed by atoms with Gasteiger partial charge in [0.1, 0.15) is 18.5 Å². The molecule has 3 aromatic rings. The molecule has 0 spiro atoms. The smallest absolute Gasteiger partial charge is 0.259 e. The molecule has 0 saturated heterocycles. The molecule has 0 radical (unpaired) electrons. The lowest BCUT2D eigenvalue weighted by atomic mass is 10.1. The number of para-hydroxylation sites is 1.